The summed E-state index contributed by atoms with van der Waals surface area (Å²) in [7, 11) is 1.52. The van der Waals surface area contributed by atoms with E-state index in [1.165, 1.54) is 56.0 Å². The smallest absolute Gasteiger partial charge is 0.249 e. The Hall–Kier alpha value is -2.54. The highest BCUT2D eigenvalue weighted by Gasteiger charge is 2.28. The van der Waals surface area contributed by atoms with E-state index in [-0.39, 0.29) is 11.8 Å². The molecule has 2 rings (SSSR count). The lowest BCUT2D eigenvalue weighted by molar-refractivity contribution is -0.140. The lowest BCUT2D eigenvalue weighted by atomic mass is 10.0. The van der Waals surface area contributed by atoms with Gasteiger partial charge in [-0.15, -0.1) is 0 Å². The zero-order valence-electron chi connectivity index (χ0n) is 18.9. The number of amides is 3. The molecule has 0 bridgehead atoms. The predicted octanol–water partition coefficient (Wildman–Crippen LogP) is 2.92. The molecule has 1 fully saturated rings. The number of unbranched alkanes of at least 4 members (excludes halogenated alkanes) is 6. The van der Waals surface area contributed by atoms with Crippen molar-refractivity contribution < 1.29 is 19.2 Å². The van der Waals surface area contributed by atoms with E-state index in [4.69, 9.17) is 5.73 Å². The number of hydrogen-bond donors (Lipinski definition) is 2. The molecule has 1 atom stereocenters. The molecule has 1 unspecified atom stereocenters. The molecule has 0 aliphatic carbocycles. The van der Waals surface area contributed by atoms with E-state index in [0.717, 1.165) is 36.8 Å². The van der Waals surface area contributed by atoms with Gasteiger partial charge in [0, 0.05) is 19.0 Å². The Balaban J connectivity index is 0.000000343. The normalized spacial score (nSPS) is 15.5. The molecule has 0 saturated carbocycles. The Kier molecular flexibility index (Phi) is 13.1. The van der Waals surface area contributed by atoms with E-state index in [1.807, 2.05) is 19.1 Å². The van der Waals surface area contributed by atoms with Crippen molar-refractivity contribution in [3.63, 3.8) is 0 Å². The van der Waals surface area contributed by atoms with Gasteiger partial charge in [0.15, 0.2) is 0 Å². The van der Waals surface area contributed by atoms with Crippen LogP contribution < -0.4 is 11.1 Å². The Morgan fingerprint density at radius 2 is 1.71 bits per heavy atom. The zero-order chi connectivity index (χ0) is 23.1. The first kappa shape index (κ1) is 26.5. The minimum absolute atomic E-state index is 0.268. The number of rotatable bonds is 12. The van der Waals surface area contributed by atoms with Crippen LogP contribution in [-0.4, -0.2) is 49.0 Å². The van der Waals surface area contributed by atoms with Crippen LogP contribution in [-0.2, 0) is 20.8 Å². The summed E-state index contributed by atoms with van der Waals surface area (Å²) in [5, 5.41) is 2.17. The molecule has 0 radical (unpaired) electrons. The van der Waals surface area contributed by atoms with Gasteiger partial charge < -0.3 is 10.6 Å². The average molecular weight is 432 g/mol. The topological polar surface area (TPSA) is 110 Å². The monoisotopic (exact) mass is 431 g/mol. The number of carbonyl (C=O) groups is 4. The fourth-order valence-corrected chi connectivity index (χ4v) is 3.47. The van der Waals surface area contributed by atoms with E-state index >= 15 is 0 Å². The highest BCUT2D eigenvalue weighted by molar-refractivity contribution is 6.00. The first-order valence-corrected chi connectivity index (χ1v) is 11.2. The van der Waals surface area contributed by atoms with Gasteiger partial charge in [0.25, 0.3) is 0 Å². The van der Waals surface area contributed by atoms with Gasteiger partial charge in [0.05, 0.1) is 0 Å². The van der Waals surface area contributed by atoms with Gasteiger partial charge in [0.1, 0.15) is 12.3 Å². The number of imide groups is 1. The molecular weight excluding hydrogens is 394 g/mol. The SMILES string of the molecule is CN(C=O)C1CCC(=O)NC1=O.Cc1ccc(CCCCCCCCCN)cc1C=O. The molecule has 31 heavy (non-hydrogen) atoms. The lowest BCUT2D eigenvalue weighted by Crippen LogP contribution is -2.50. The number of hydrogen-bond acceptors (Lipinski definition) is 5. The van der Waals surface area contributed by atoms with Gasteiger partial charge >= 0.3 is 0 Å². The maximum absolute atomic E-state index is 11.1. The average Bonchev–Trinajstić information content (AvgIpc) is 2.76. The van der Waals surface area contributed by atoms with Gasteiger partial charge in [-0.1, -0.05) is 44.2 Å². The fourth-order valence-electron chi connectivity index (χ4n) is 3.47. The molecule has 3 N–H and O–H groups in total. The maximum atomic E-state index is 11.1. The van der Waals surface area contributed by atoms with Crippen LogP contribution in [0, 0.1) is 6.92 Å². The Morgan fingerprint density at radius 1 is 1.06 bits per heavy atom. The van der Waals surface area contributed by atoms with Gasteiger partial charge in [-0.25, -0.2) is 0 Å². The molecule has 3 amide bonds. The molecule has 0 aromatic heterocycles. The minimum atomic E-state index is -0.486. The van der Waals surface area contributed by atoms with Crippen LogP contribution in [0.2, 0.25) is 0 Å². The molecular formula is C24H37N3O4. The Bertz CT molecular complexity index is 721. The minimum Gasteiger partial charge on any atom is -0.336 e. The van der Waals surface area contributed by atoms with Crippen LogP contribution in [0.5, 0.6) is 0 Å². The van der Waals surface area contributed by atoms with Crippen LogP contribution >= 0.6 is 0 Å². The van der Waals surface area contributed by atoms with E-state index in [9.17, 15) is 19.2 Å². The standard InChI is InChI=1S/C17H27NO.C7H10N2O3/c1-15-10-11-16(13-17(15)14-19)9-7-5-3-2-4-6-8-12-18;1-9(4-10)5-2-3-6(11)8-7(5)12/h10-11,13-14H,2-9,12,18H2,1H3;4-5H,2-3H2,1H3,(H,8,11,12). The summed E-state index contributed by atoms with van der Waals surface area (Å²) >= 11 is 0. The maximum Gasteiger partial charge on any atom is 0.249 e. The summed E-state index contributed by atoms with van der Waals surface area (Å²) in [5.41, 5.74) is 8.65. The van der Waals surface area contributed by atoms with Crippen LogP contribution in [0.15, 0.2) is 18.2 Å². The third-order valence-electron chi connectivity index (χ3n) is 5.51. The van der Waals surface area contributed by atoms with Gasteiger partial charge in [0.2, 0.25) is 18.2 Å². The number of aldehydes is 1. The number of benzene rings is 1. The van der Waals surface area contributed by atoms with Gasteiger partial charge in [-0.2, -0.15) is 0 Å². The number of nitrogens with zero attached hydrogens (tertiary/aromatic N) is 1. The predicted molar refractivity (Wildman–Crippen MR) is 122 cm³/mol. The zero-order valence-corrected chi connectivity index (χ0v) is 18.9. The lowest BCUT2D eigenvalue weighted by Gasteiger charge is -2.26. The Labute approximate surface area is 185 Å². The summed E-state index contributed by atoms with van der Waals surface area (Å²) < 4.78 is 0. The van der Waals surface area contributed by atoms with Crippen LogP contribution in [0.4, 0.5) is 0 Å². The summed E-state index contributed by atoms with van der Waals surface area (Å²) in [5.74, 6) is -0.656. The van der Waals surface area contributed by atoms with Crippen LogP contribution in [0.3, 0.4) is 0 Å². The summed E-state index contributed by atoms with van der Waals surface area (Å²) in [6, 6.07) is 5.74. The van der Waals surface area contributed by atoms with Gasteiger partial charge in [-0.05, 0) is 56.3 Å². The van der Waals surface area contributed by atoms with Crippen molar-refractivity contribution >= 4 is 24.5 Å². The molecule has 1 aliphatic rings. The molecule has 1 aliphatic heterocycles. The first-order valence-electron chi connectivity index (χ1n) is 11.2. The fraction of sp³-hybridized carbons (Fsp3) is 0.583. The third-order valence-corrected chi connectivity index (χ3v) is 5.51. The largest absolute Gasteiger partial charge is 0.336 e. The Morgan fingerprint density at radius 3 is 2.29 bits per heavy atom. The quantitative estimate of drug-likeness (QED) is 0.300. The van der Waals surface area contributed by atoms with Crippen LogP contribution in [0.25, 0.3) is 0 Å². The van der Waals surface area contributed by atoms with E-state index in [0.29, 0.717) is 19.3 Å². The van der Waals surface area contributed by atoms with Crippen molar-refractivity contribution in [2.24, 2.45) is 5.73 Å². The van der Waals surface area contributed by atoms with E-state index in [2.05, 4.69) is 11.4 Å². The van der Waals surface area contributed by atoms with Crippen molar-refractivity contribution in [1.82, 2.24) is 10.2 Å². The van der Waals surface area contributed by atoms with Crippen molar-refractivity contribution in [1.29, 1.82) is 0 Å². The molecule has 172 valence electrons. The molecule has 1 aromatic carbocycles. The number of nitrogens with one attached hydrogen (secondary N) is 1. The van der Waals surface area contributed by atoms with E-state index < -0.39 is 6.04 Å². The highest BCUT2D eigenvalue weighted by atomic mass is 16.2. The molecule has 1 heterocycles. The number of carbonyl (C=O) groups excluding carboxylic acids is 4. The van der Waals surface area contributed by atoms with Gasteiger partial charge in [-0.3, -0.25) is 24.5 Å². The third kappa shape index (κ3) is 10.4. The second-order valence-corrected chi connectivity index (χ2v) is 8.06. The van der Waals surface area contributed by atoms with E-state index in [1.54, 1.807) is 0 Å². The van der Waals surface area contributed by atoms with Crippen LogP contribution in [0.1, 0.15) is 79.3 Å². The number of nitrogens with two attached hydrogens (primary N) is 1. The van der Waals surface area contributed by atoms with Crippen molar-refractivity contribution in [3.05, 3.63) is 34.9 Å². The molecule has 1 saturated heterocycles. The number of piperidine rings is 1. The summed E-state index contributed by atoms with van der Waals surface area (Å²) in [6.07, 6.45) is 12.2. The molecule has 0 spiro atoms. The second kappa shape index (κ2) is 15.3. The second-order valence-electron chi connectivity index (χ2n) is 8.06. The van der Waals surface area contributed by atoms with Crippen molar-refractivity contribution in [2.75, 3.05) is 13.6 Å². The molecule has 7 heteroatoms. The molecule has 1 aromatic rings. The first-order chi connectivity index (χ1) is 14.9. The summed E-state index contributed by atoms with van der Waals surface area (Å²) in [6.45, 7) is 2.81. The van der Waals surface area contributed by atoms with Crippen molar-refractivity contribution in [3.8, 4) is 0 Å². The van der Waals surface area contributed by atoms with Crippen molar-refractivity contribution in [2.45, 2.75) is 77.2 Å². The highest BCUT2D eigenvalue weighted by Crippen LogP contribution is 2.14. The molecule has 7 nitrogen and oxygen atoms in total. The summed E-state index contributed by atoms with van der Waals surface area (Å²) in [4.78, 5) is 44.2. The number of likely N-dealkylation sites (N-methyl/N-ethyl adjacent to an activating group) is 1. The number of aryl methyl sites for hydroxylation is 2.